The van der Waals surface area contributed by atoms with Gasteiger partial charge in [-0.05, 0) is 43.9 Å². The fourth-order valence-electron chi connectivity index (χ4n) is 4.20. The molecule has 1 fully saturated rings. The normalized spacial score (nSPS) is 23.7. The van der Waals surface area contributed by atoms with Gasteiger partial charge >= 0.3 is 5.97 Å². The van der Waals surface area contributed by atoms with Crippen LogP contribution < -0.4 is 4.74 Å². The van der Waals surface area contributed by atoms with Crippen LogP contribution in [0.2, 0.25) is 0 Å². The van der Waals surface area contributed by atoms with E-state index >= 15 is 0 Å². The number of carbonyl (C=O) groups is 1. The quantitative estimate of drug-likeness (QED) is 0.595. The Balaban J connectivity index is 1.92. The second kappa shape index (κ2) is 9.43. The average molecular weight is 413 g/mol. The Morgan fingerprint density at radius 1 is 1.27 bits per heavy atom. The molecule has 4 atom stereocenters. The van der Waals surface area contributed by atoms with Crippen LogP contribution in [0.4, 0.5) is 4.39 Å². The minimum atomic E-state index is -1.16. The Bertz CT molecular complexity index is 906. The first kappa shape index (κ1) is 22.0. The number of benzene rings is 2. The zero-order valence-electron chi connectivity index (χ0n) is 17.7. The first-order chi connectivity index (χ1) is 14.3. The summed E-state index contributed by atoms with van der Waals surface area (Å²) in [5, 5.41) is 8.95. The zero-order valence-corrected chi connectivity index (χ0v) is 17.7. The van der Waals surface area contributed by atoms with Crippen LogP contribution in [0.25, 0.3) is 0 Å². The molecule has 4 nitrogen and oxygen atoms in total. The van der Waals surface area contributed by atoms with E-state index in [0.717, 1.165) is 18.4 Å². The minimum Gasteiger partial charge on any atom is -0.479 e. The first-order valence-corrected chi connectivity index (χ1v) is 10.3. The van der Waals surface area contributed by atoms with Crippen LogP contribution in [0.15, 0.2) is 54.6 Å². The van der Waals surface area contributed by atoms with Crippen molar-refractivity contribution in [3.63, 3.8) is 0 Å². The highest BCUT2D eigenvalue weighted by molar-refractivity contribution is 5.68. The number of carboxylic acid groups (broad SMARTS) is 1. The summed E-state index contributed by atoms with van der Waals surface area (Å²) >= 11 is 0. The van der Waals surface area contributed by atoms with Gasteiger partial charge in [-0.1, -0.05) is 55.5 Å². The molecule has 2 aromatic carbocycles. The Morgan fingerprint density at radius 3 is 2.57 bits per heavy atom. The first-order valence-electron chi connectivity index (χ1n) is 10.3. The molecule has 3 rings (SSSR count). The van der Waals surface area contributed by atoms with Gasteiger partial charge in [0, 0.05) is 17.4 Å². The summed E-state index contributed by atoms with van der Waals surface area (Å²) in [6.07, 6.45) is 1.24. The zero-order chi connectivity index (χ0) is 21.8. The third-order valence-electron chi connectivity index (χ3n) is 5.89. The average Bonchev–Trinajstić information content (AvgIpc) is 2.72. The van der Waals surface area contributed by atoms with Crippen molar-refractivity contribution in [3.05, 3.63) is 77.1 Å². The molecule has 0 bridgehead atoms. The van der Waals surface area contributed by atoms with Crippen molar-refractivity contribution in [1.29, 1.82) is 0 Å². The van der Waals surface area contributed by atoms with Crippen molar-refractivity contribution in [3.8, 4) is 5.75 Å². The third kappa shape index (κ3) is 4.73. The SMILES string of the molecule is C=C(C)[C@H]1C[C@H](c2ccc(CC)cc2)[C@H](C)O[C@@H]1c1cccc(F)c1OCC(=O)O. The Kier molecular flexibility index (Phi) is 6.93. The molecule has 0 saturated carbocycles. The highest BCUT2D eigenvalue weighted by Gasteiger charge is 2.39. The molecule has 0 aromatic heterocycles. The Morgan fingerprint density at radius 2 is 1.97 bits per heavy atom. The molecule has 1 saturated heterocycles. The van der Waals surface area contributed by atoms with Gasteiger partial charge in [-0.2, -0.15) is 0 Å². The maximum absolute atomic E-state index is 14.5. The second-order valence-electron chi connectivity index (χ2n) is 7.99. The van der Waals surface area contributed by atoms with Crippen LogP contribution >= 0.6 is 0 Å². The predicted octanol–water partition coefficient (Wildman–Crippen LogP) is 5.68. The highest BCUT2D eigenvalue weighted by Crippen LogP contribution is 2.48. The fourth-order valence-corrected chi connectivity index (χ4v) is 4.20. The molecule has 160 valence electrons. The maximum Gasteiger partial charge on any atom is 0.341 e. The molecule has 0 unspecified atom stereocenters. The van der Waals surface area contributed by atoms with Gasteiger partial charge in [0.25, 0.3) is 0 Å². The van der Waals surface area contributed by atoms with Crippen LogP contribution in [0.3, 0.4) is 0 Å². The lowest BCUT2D eigenvalue weighted by atomic mass is 9.75. The maximum atomic E-state index is 14.5. The third-order valence-corrected chi connectivity index (χ3v) is 5.89. The molecule has 2 aromatic rings. The van der Waals surface area contributed by atoms with E-state index in [1.807, 2.05) is 13.8 Å². The summed E-state index contributed by atoms with van der Waals surface area (Å²) in [6, 6.07) is 13.2. The van der Waals surface area contributed by atoms with Gasteiger partial charge in [0.15, 0.2) is 18.2 Å². The molecule has 1 heterocycles. The van der Waals surface area contributed by atoms with E-state index in [4.69, 9.17) is 14.6 Å². The number of hydrogen-bond acceptors (Lipinski definition) is 3. The van der Waals surface area contributed by atoms with Crippen molar-refractivity contribution >= 4 is 5.97 Å². The molecule has 1 N–H and O–H groups in total. The summed E-state index contributed by atoms with van der Waals surface area (Å²) in [7, 11) is 0. The summed E-state index contributed by atoms with van der Waals surface area (Å²) in [5.74, 6) is -1.68. The number of halogens is 1. The molecule has 30 heavy (non-hydrogen) atoms. The number of ether oxygens (including phenoxy) is 2. The molecule has 5 heteroatoms. The molecule has 0 aliphatic carbocycles. The summed E-state index contributed by atoms with van der Waals surface area (Å²) in [4.78, 5) is 10.9. The molecule has 1 aliphatic rings. The minimum absolute atomic E-state index is 0.0500. The molecule has 0 amide bonds. The van der Waals surface area contributed by atoms with Gasteiger partial charge in [0.05, 0.1) is 12.2 Å². The van der Waals surface area contributed by atoms with Crippen LogP contribution in [0.5, 0.6) is 5.75 Å². The van der Waals surface area contributed by atoms with Crippen molar-refractivity contribution in [2.45, 2.75) is 51.7 Å². The van der Waals surface area contributed by atoms with E-state index in [0.29, 0.717) is 5.56 Å². The standard InChI is InChI=1S/C25H29FO4/c1-5-17-9-11-18(12-10-17)21-13-20(15(2)3)24(30-16(21)4)19-7-6-8-22(26)25(19)29-14-23(27)28/h6-12,16,20-21,24H,2,5,13-14H2,1,3-4H3,(H,27,28)/t16-,20+,21-,24+/m0/s1. The molecule has 0 spiro atoms. The highest BCUT2D eigenvalue weighted by atomic mass is 19.1. The van der Waals surface area contributed by atoms with E-state index in [1.54, 1.807) is 12.1 Å². The summed E-state index contributed by atoms with van der Waals surface area (Å²) in [6.45, 7) is 9.65. The van der Waals surface area contributed by atoms with Gasteiger partial charge in [0.2, 0.25) is 0 Å². The molecular formula is C25H29FO4. The second-order valence-corrected chi connectivity index (χ2v) is 7.99. The van der Waals surface area contributed by atoms with Gasteiger partial charge in [-0.25, -0.2) is 9.18 Å². The van der Waals surface area contributed by atoms with Crippen molar-refractivity contribution in [2.75, 3.05) is 6.61 Å². The molecular weight excluding hydrogens is 383 g/mol. The van der Waals surface area contributed by atoms with E-state index in [9.17, 15) is 9.18 Å². The number of carboxylic acids is 1. The van der Waals surface area contributed by atoms with Crippen molar-refractivity contribution < 1.29 is 23.8 Å². The van der Waals surface area contributed by atoms with Crippen LogP contribution in [-0.4, -0.2) is 23.8 Å². The largest absolute Gasteiger partial charge is 0.479 e. The van der Waals surface area contributed by atoms with Crippen molar-refractivity contribution in [2.24, 2.45) is 5.92 Å². The lowest BCUT2D eigenvalue weighted by Crippen LogP contribution is -2.34. The van der Waals surface area contributed by atoms with Gasteiger partial charge in [0.1, 0.15) is 0 Å². The number of para-hydroxylation sites is 1. The number of rotatable bonds is 7. The van der Waals surface area contributed by atoms with Gasteiger partial charge in [-0.15, -0.1) is 0 Å². The van der Waals surface area contributed by atoms with E-state index in [2.05, 4.69) is 37.8 Å². The predicted molar refractivity (Wildman–Crippen MR) is 114 cm³/mol. The van der Waals surface area contributed by atoms with Gasteiger partial charge < -0.3 is 14.6 Å². The summed E-state index contributed by atoms with van der Waals surface area (Å²) < 4.78 is 26.2. The van der Waals surface area contributed by atoms with Crippen molar-refractivity contribution in [1.82, 2.24) is 0 Å². The van der Waals surface area contributed by atoms with E-state index in [-0.39, 0.29) is 23.7 Å². The number of aliphatic carboxylic acids is 1. The Hall–Kier alpha value is -2.66. The molecule has 1 aliphatic heterocycles. The number of hydrogen-bond donors (Lipinski definition) is 1. The molecule has 0 radical (unpaired) electrons. The number of aryl methyl sites for hydroxylation is 1. The topological polar surface area (TPSA) is 55.8 Å². The smallest absolute Gasteiger partial charge is 0.341 e. The van der Waals surface area contributed by atoms with E-state index < -0.39 is 24.5 Å². The van der Waals surface area contributed by atoms with Crippen LogP contribution in [0.1, 0.15) is 55.9 Å². The van der Waals surface area contributed by atoms with Crippen LogP contribution in [0, 0.1) is 11.7 Å². The van der Waals surface area contributed by atoms with Gasteiger partial charge in [-0.3, -0.25) is 0 Å². The summed E-state index contributed by atoms with van der Waals surface area (Å²) in [5.41, 5.74) is 3.97. The lowest BCUT2D eigenvalue weighted by molar-refractivity contribution is -0.139. The lowest BCUT2D eigenvalue weighted by Gasteiger charge is -2.42. The van der Waals surface area contributed by atoms with E-state index in [1.165, 1.54) is 17.2 Å². The monoisotopic (exact) mass is 412 g/mol. The fraction of sp³-hybridized carbons (Fsp3) is 0.400. The van der Waals surface area contributed by atoms with Crippen LogP contribution in [-0.2, 0) is 16.0 Å². The Labute approximate surface area is 177 Å².